The highest BCUT2D eigenvalue weighted by molar-refractivity contribution is 7.90. The first-order chi connectivity index (χ1) is 15.4. The van der Waals surface area contributed by atoms with Crippen LogP contribution in [0, 0.1) is 0 Å². The number of hydrogen-bond acceptors (Lipinski definition) is 6. The number of fused-ring (bicyclic) bond motifs is 1. The van der Waals surface area contributed by atoms with Crippen LogP contribution in [-0.2, 0) is 16.4 Å². The van der Waals surface area contributed by atoms with Gasteiger partial charge in [0.25, 0.3) is 5.91 Å². The molecule has 6 nitrogen and oxygen atoms in total. The third kappa shape index (κ3) is 4.51. The number of ether oxygens (including phenoxy) is 1. The molecule has 4 aromatic rings. The SMILES string of the molecule is CCOc1cccc2sc(N(Cc3ccccc3)C(=O)c3ccccc3S(C)(=O)=O)nc12. The zero-order valence-corrected chi connectivity index (χ0v) is 19.3. The summed E-state index contributed by atoms with van der Waals surface area (Å²) < 4.78 is 31.2. The third-order valence-electron chi connectivity index (χ3n) is 4.85. The summed E-state index contributed by atoms with van der Waals surface area (Å²) in [5.41, 5.74) is 1.70. The van der Waals surface area contributed by atoms with Crippen molar-refractivity contribution in [1.82, 2.24) is 4.98 Å². The number of rotatable bonds is 7. The number of aromatic nitrogens is 1. The molecule has 0 radical (unpaired) electrons. The number of para-hydroxylation sites is 1. The lowest BCUT2D eigenvalue weighted by Crippen LogP contribution is -2.31. The molecule has 164 valence electrons. The van der Waals surface area contributed by atoms with Gasteiger partial charge in [0.15, 0.2) is 15.0 Å². The highest BCUT2D eigenvalue weighted by atomic mass is 32.2. The fraction of sp³-hybridized carbons (Fsp3) is 0.167. The highest BCUT2D eigenvalue weighted by Gasteiger charge is 2.27. The number of sulfone groups is 1. The normalized spacial score (nSPS) is 11.4. The van der Waals surface area contributed by atoms with Gasteiger partial charge in [-0.25, -0.2) is 13.4 Å². The number of anilines is 1. The topological polar surface area (TPSA) is 76.6 Å². The van der Waals surface area contributed by atoms with E-state index >= 15 is 0 Å². The molecule has 3 aromatic carbocycles. The zero-order chi connectivity index (χ0) is 22.7. The lowest BCUT2D eigenvalue weighted by Gasteiger charge is -2.21. The van der Waals surface area contributed by atoms with Crippen LogP contribution >= 0.6 is 11.3 Å². The van der Waals surface area contributed by atoms with Crippen LogP contribution in [-0.4, -0.2) is 32.2 Å². The van der Waals surface area contributed by atoms with Crippen molar-refractivity contribution in [3.8, 4) is 5.75 Å². The van der Waals surface area contributed by atoms with E-state index in [4.69, 9.17) is 9.72 Å². The van der Waals surface area contributed by atoms with Crippen LogP contribution in [0.4, 0.5) is 5.13 Å². The second-order valence-corrected chi connectivity index (χ2v) is 10.2. The minimum Gasteiger partial charge on any atom is -0.492 e. The molecule has 0 saturated carbocycles. The molecule has 0 saturated heterocycles. The molecule has 1 amide bonds. The summed E-state index contributed by atoms with van der Waals surface area (Å²) in [7, 11) is -3.59. The van der Waals surface area contributed by atoms with Gasteiger partial charge in [-0.1, -0.05) is 59.9 Å². The van der Waals surface area contributed by atoms with E-state index in [1.54, 1.807) is 12.1 Å². The van der Waals surface area contributed by atoms with Crippen LogP contribution in [0.1, 0.15) is 22.8 Å². The standard InChI is InChI=1S/C24H22N2O4S2/c1-3-30-19-13-9-14-20-22(19)25-24(31-20)26(16-17-10-5-4-6-11-17)23(27)18-12-7-8-15-21(18)32(2,28)29/h4-15H,3,16H2,1-2H3. The van der Waals surface area contributed by atoms with Gasteiger partial charge < -0.3 is 4.74 Å². The van der Waals surface area contributed by atoms with Gasteiger partial charge in [0, 0.05) is 6.26 Å². The van der Waals surface area contributed by atoms with E-state index in [9.17, 15) is 13.2 Å². The molecule has 0 atom stereocenters. The van der Waals surface area contributed by atoms with Gasteiger partial charge >= 0.3 is 0 Å². The molecule has 0 aliphatic heterocycles. The van der Waals surface area contributed by atoms with Crippen molar-refractivity contribution in [3.05, 3.63) is 83.9 Å². The Balaban J connectivity index is 1.85. The fourth-order valence-electron chi connectivity index (χ4n) is 3.40. The van der Waals surface area contributed by atoms with Gasteiger partial charge in [0.1, 0.15) is 11.3 Å². The summed E-state index contributed by atoms with van der Waals surface area (Å²) in [6.45, 7) is 2.65. The summed E-state index contributed by atoms with van der Waals surface area (Å²) in [4.78, 5) is 19.9. The maximum Gasteiger partial charge on any atom is 0.261 e. The number of amides is 1. The van der Waals surface area contributed by atoms with Crippen molar-refractivity contribution < 1.29 is 17.9 Å². The number of carbonyl (C=O) groups is 1. The van der Waals surface area contributed by atoms with Crippen LogP contribution in [0.5, 0.6) is 5.75 Å². The lowest BCUT2D eigenvalue weighted by atomic mass is 10.1. The maximum absolute atomic E-state index is 13.7. The van der Waals surface area contributed by atoms with Gasteiger partial charge in [-0.05, 0) is 36.8 Å². The minimum absolute atomic E-state index is 0.000761. The molecule has 1 heterocycles. The van der Waals surface area contributed by atoms with E-state index in [2.05, 4.69) is 0 Å². The summed E-state index contributed by atoms with van der Waals surface area (Å²) in [6, 6.07) is 21.5. The largest absolute Gasteiger partial charge is 0.492 e. The smallest absolute Gasteiger partial charge is 0.261 e. The summed E-state index contributed by atoms with van der Waals surface area (Å²) in [5.74, 6) is 0.225. The molecule has 0 aliphatic rings. The Kier molecular flexibility index (Phi) is 6.25. The molecular formula is C24H22N2O4S2. The molecule has 0 fully saturated rings. The summed E-state index contributed by atoms with van der Waals surface area (Å²) in [5, 5.41) is 0.476. The first-order valence-electron chi connectivity index (χ1n) is 10.1. The first-order valence-corrected chi connectivity index (χ1v) is 12.8. The lowest BCUT2D eigenvalue weighted by molar-refractivity contribution is 0.0982. The molecule has 8 heteroatoms. The summed E-state index contributed by atoms with van der Waals surface area (Å²) >= 11 is 1.37. The molecule has 0 spiro atoms. The van der Waals surface area contributed by atoms with E-state index in [1.165, 1.54) is 28.4 Å². The van der Waals surface area contributed by atoms with Crippen molar-refractivity contribution >= 4 is 42.4 Å². The predicted octanol–water partition coefficient (Wildman–Crippen LogP) is 4.95. The molecule has 0 aliphatic carbocycles. The Morgan fingerprint density at radius 1 is 1.00 bits per heavy atom. The molecule has 32 heavy (non-hydrogen) atoms. The highest BCUT2D eigenvalue weighted by Crippen LogP contribution is 2.35. The monoisotopic (exact) mass is 466 g/mol. The Morgan fingerprint density at radius 2 is 1.72 bits per heavy atom. The van der Waals surface area contributed by atoms with Gasteiger partial charge in [0.2, 0.25) is 0 Å². The Bertz CT molecular complexity index is 1370. The molecule has 1 aromatic heterocycles. The van der Waals surface area contributed by atoms with Crippen LogP contribution in [0.2, 0.25) is 0 Å². The number of thiazole rings is 1. The second-order valence-electron chi connectivity index (χ2n) is 7.18. The quantitative estimate of drug-likeness (QED) is 0.385. The fourth-order valence-corrected chi connectivity index (χ4v) is 5.26. The van der Waals surface area contributed by atoms with Gasteiger partial charge in [-0.3, -0.25) is 9.69 Å². The number of hydrogen-bond donors (Lipinski definition) is 0. The molecular weight excluding hydrogens is 444 g/mol. The van der Waals surface area contributed by atoms with Crippen LogP contribution < -0.4 is 9.64 Å². The van der Waals surface area contributed by atoms with E-state index in [1.807, 2.05) is 55.5 Å². The second kappa shape index (κ2) is 9.10. The molecule has 4 rings (SSSR count). The van der Waals surface area contributed by atoms with Crippen LogP contribution in [0.15, 0.2) is 77.7 Å². The van der Waals surface area contributed by atoms with Crippen molar-refractivity contribution in [1.29, 1.82) is 0 Å². The third-order valence-corrected chi connectivity index (χ3v) is 7.05. The summed E-state index contributed by atoms with van der Waals surface area (Å²) in [6.07, 6.45) is 1.10. The van der Waals surface area contributed by atoms with Gasteiger partial charge in [-0.15, -0.1) is 0 Å². The number of carbonyl (C=O) groups excluding carboxylic acids is 1. The minimum atomic E-state index is -3.59. The van der Waals surface area contributed by atoms with E-state index in [0.717, 1.165) is 16.5 Å². The molecule has 0 N–H and O–H groups in total. The Labute approximate surface area is 191 Å². The number of benzene rings is 3. The van der Waals surface area contributed by atoms with E-state index < -0.39 is 15.7 Å². The van der Waals surface area contributed by atoms with Crippen molar-refractivity contribution in [3.63, 3.8) is 0 Å². The first kappa shape index (κ1) is 22.0. The average Bonchev–Trinajstić information content (AvgIpc) is 3.22. The van der Waals surface area contributed by atoms with Crippen molar-refractivity contribution in [2.45, 2.75) is 18.4 Å². The zero-order valence-electron chi connectivity index (χ0n) is 17.7. The van der Waals surface area contributed by atoms with Crippen molar-refractivity contribution in [2.75, 3.05) is 17.8 Å². The van der Waals surface area contributed by atoms with Gasteiger partial charge in [0.05, 0.1) is 28.3 Å². The average molecular weight is 467 g/mol. The van der Waals surface area contributed by atoms with Crippen LogP contribution in [0.25, 0.3) is 10.2 Å². The Hall–Kier alpha value is -3.23. The van der Waals surface area contributed by atoms with E-state index in [0.29, 0.717) is 23.0 Å². The number of nitrogens with zero attached hydrogens (tertiary/aromatic N) is 2. The maximum atomic E-state index is 13.7. The van der Waals surface area contributed by atoms with Gasteiger partial charge in [-0.2, -0.15) is 0 Å². The molecule has 0 unspecified atom stereocenters. The van der Waals surface area contributed by atoms with Crippen LogP contribution in [0.3, 0.4) is 0 Å². The predicted molar refractivity (Wildman–Crippen MR) is 127 cm³/mol. The Morgan fingerprint density at radius 3 is 2.44 bits per heavy atom. The van der Waals surface area contributed by atoms with Crippen molar-refractivity contribution in [2.24, 2.45) is 0 Å². The molecule has 0 bridgehead atoms. The van der Waals surface area contributed by atoms with E-state index in [-0.39, 0.29) is 17.0 Å².